The smallest absolute Gasteiger partial charge is 0.333 e. The Morgan fingerprint density at radius 1 is 1.04 bits per heavy atom. The van der Waals surface area contributed by atoms with E-state index < -0.39 is 11.9 Å². The Morgan fingerprint density at radius 2 is 1.64 bits per heavy atom. The Morgan fingerprint density at radius 3 is 2.20 bits per heavy atom. The third-order valence-electron chi connectivity index (χ3n) is 3.56. The van der Waals surface area contributed by atoms with Crippen LogP contribution in [0, 0.1) is 0 Å². The first-order valence-corrected chi connectivity index (χ1v) is 7.85. The maximum atomic E-state index is 12.1. The van der Waals surface area contributed by atoms with Crippen molar-refractivity contribution in [3.63, 3.8) is 0 Å². The van der Waals surface area contributed by atoms with Gasteiger partial charge < -0.3 is 9.47 Å². The van der Waals surface area contributed by atoms with Crippen molar-refractivity contribution in [3.8, 4) is 0 Å². The second-order valence-electron chi connectivity index (χ2n) is 5.55. The summed E-state index contributed by atoms with van der Waals surface area (Å²) in [4.78, 5) is 48.1. The van der Waals surface area contributed by atoms with Gasteiger partial charge in [-0.15, -0.1) is 0 Å². The van der Waals surface area contributed by atoms with Crippen molar-refractivity contribution >= 4 is 23.8 Å². The van der Waals surface area contributed by atoms with Crippen LogP contribution in [0.2, 0.25) is 0 Å². The molecule has 1 aromatic carbocycles. The number of ether oxygens (including phenoxy) is 2. The Hall–Kier alpha value is -2.96. The Kier molecular flexibility index (Phi) is 6.05. The van der Waals surface area contributed by atoms with Crippen molar-refractivity contribution in [1.82, 2.24) is 4.90 Å². The van der Waals surface area contributed by atoms with E-state index in [0.29, 0.717) is 23.1 Å². The zero-order valence-corrected chi connectivity index (χ0v) is 13.9. The van der Waals surface area contributed by atoms with Crippen molar-refractivity contribution in [2.45, 2.75) is 19.8 Å². The molecule has 7 heteroatoms. The molecule has 0 atom stereocenters. The number of nitrogens with zero attached hydrogens (tertiary/aromatic N) is 1. The number of fused-ring (bicyclic) bond motifs is 1. The van der Waals surface area contributed by atoms with E-state index in [1.807, 2.05) is 0 Å². The van der Waals surface area contributed by atoms with Gasteiger partial charge >= 0.3 is 11.9 Å². The molecule has 25 heavy (non-hydrogen) atoms. The summed E-state index contributed by atoms with van der Waals surface area (Å²) in [6.45, 7) is 5.01. The van der Waals surface area contributed by atoms with Crippen LogP contribution in [0.5, 0.6) is 0 Å². The summed E-state index contributed by atoms with van der Waals surface area (Å²) in [5.74, 6) is -1.76. The number of amides is 2. The normalized spacial score (nSPS) is 12.8. The standard InChI is InChI=1S/C18H19NO6/c1-12(2)18(23)25-10-5-8-15(20)24-11-9-19-16(21)13-6-3-4-7-14(13)17(19)22/h3-4,6-7H,1,5,8-11H2,2H3. The molecule has 0 fully saturated rings. The molecule has 1 aliphatic rings. The quantitative estimate of drug-likeness (QED) is 0.308. The lowest BCUT2D eigenvalue weighted by atomic mass is 10.1. The zero-order valence-electron chi connectivity index (χ0n) is 13.9. The summed E-state index contributed by atoms with van der Waals surface area (Å²) >= 11 is 0. The van der Waals surface area contributed by atoms with E-state index in [9.17, 15) is 19.2 Å². The number of hydrogen-bond acceptors (Lipinski definition) is 6. The van der Waals surface area contributed by atoms with Gasteiger partial charge in [-0.2, -0.15) is 0 Å². The van der Waals surface area contributed by atoms with Gasteiger partial charge in [0.15, 0.2) is 0 Å². The van der Waals surface area contributed by atoms with Crippen LogP contribution in [0.4, 0.5) is 0 Å². The largest absolute Gasteiger partial charge is 0.464 e. The summed E-state index contributed by atoms with van der Waals surface area (Å²) in [6.07, 6.45) is 0.399. The molecular formula is C18H19NO6. The van der Waals surface area contributed by atoms with Gasteiger partial charge in [0.05, 0.1) is 24.3 Å². The van der Waals surface area contributed by atoms with Gasteiger partial charge in [-0.3, -0.25) is 19.3 Å². The predicted molar refractivity (Wildman–Crippen MR) is 87.8 cm³/mol. The average molecular weight is 345 g/mol. The number of carbonyl (C=O) groups is 4. The number of rotatable bonds is 8. The van der Waals surface area contributed by atoms with Crippen LogP contribution in [0.1, 0.15) is 40.5 Å². The van der Waals surface area contributed by atoms with Gasteiger partial charge in [0.25, 0.3) is 11.8 Å². The zero-order chi connectivity index (χ0) is 18.4. The molecule has 0 bridgehead atoms. The minimum Gasteiger partial charge on any atom is -0.464 e. The molecule has 0 radical (unpaired) electrons. The lowest BCUT2D eigenvalue weighted by molar-refractivity contribution is -0.146. The molecule has 0 saturated carbocycles. The molecule has 0 spiro atoms. The van der Waals surface area contributed by atoms with Crippen molar-refractivity contribution in [2.24, 2.45) is 0 Å². The fourth-order valence-electron chi connectivity index (χ4n) is 2.27. The molecule has 132 valence electrons. The van der Waals surface area contributed by atoms with Crippen molar-refractivity contribution in [3.05, 3.63) is 47.5 Å². The van der Waals surface area contributed by atoms with E-state index in [-0.39, 0.29) is 38.0 Å². The number of esters is 2. The Labute approximate surface area is 145 Å². The van der Waals surface area contributed by atoms with Crippen molar-refractivity contribution in [2.75, 3.05) is 19.8 Å². The SMILES string of the molecule is C=C(C)C(=O)OCCCC(=O)OCCN1C(=O)c2ccccc2C1=O. The van der Waals surface area contributed by atoms with Crippen molar-refractivity contribution < 1.29 is 28.7 Å². The van der Waals surface area contributed by atoms with Gasteiger partial charge in [-0.25, -0.2) is 4.79 Å². The van der Waals surface area contributed by atoms with Gasteiger partial charge in [0, 0.05) is 12.0 Å². The van der Waals surface area contributed by atoms with Crippen LogP contribution in [-0.2, 0) is 19.1 Å². The number of benzene rings is 1. The van der Waals surface area contributed by atoms with E-state index in [0.717, 1.165) is 4.90 Å². The molecule has 1 heterocycles. The first-order valence-electron chi connectivity index (χ1n) is 7.85. The maximum Gasteiger partial charge on any atom is 0.333 e. The molecule has 2 amide bonds. The molecular weight excluding hydrogens is 326 g/mol. The van der Waals surface area contributed by atoms with Crippen molar-refractivity contribution in [1.29, 1.82) is 0 Å². The van der Waals surface area contributed by atoms with Crippen LogP contribution in [0.25, 0.3) is 0 Å². The molecule has 1 aliphatic heterocycles. The maximum absolute atomic E-state index is 12.1. The van der Waals surface area contributed by atoms with Crippen LogP contribution >= 0.6 is 0 Å². The fourth-order valence-corrected chi connectivity index (χ4v) is 2.27. The highest BCUT2D eigenvalue weighted by Crippen LogP contribution is 2.21. The lowest BCUT2D eigenvalue weighted by Gasteiger charge is -2.13. The predicted octanol–water partition coefficient (Wildman–Crippen LogP) is 1.73. The Bertz CT molecular complexity index is 689. The van der Waals surface area contributed by atoms with Crippen LogP contribution in [0.15, 0.2) is 36.4 Å². The van der Waals surface area contributed by atoms with Gasteiger partial charge in [-0.1, -0.05) is 18.7 Å². The minimum absolute atomic E-state index is 0.00271. The van der Waals surface area contributed by atoms with E-state index in [1.165, 1.54) is 6.92 Å². The molecule has 0 aliphatic carbocycles. The summed E-state index contributed by atoms with van der Waals surface area (Å²) in [7, 11) is 0. The fraction of sp³-hybridized carbons (Fsp3) is 0.333. The van der Waals surface area contributed by atoms with Crippen LogP contribution in [0.3, 0.4) is 0 Å². The van der Waals surface area contributed by atoms with E-state index in [2.05, 4.69) is 6.58 Å². The molecule has 0 unspecified atom stereocenters. The summed E-state index contributed by atoms with van der Waals surface area (Å²) < 4.78 is 9.87. The lowest BCUT2D eigenvalue weighted by Crippen LogP contribution is -2.33. The van der Waals surface area contributed by atoms with Crippen LogP contribution < -0.4 is 0 Å². The Balaban J connectivity index is 1.69. The topological polar surface area (TPSA) is 90.0 Å². The van der Waals surface area contributed by atoms with E-state index in [4.69, 9.17) is 9.47 Å². The highest BCUT2D eigenvalue weighted by Gasteiger charge is 2.34. The third kappa shape index (κ3) is 4.53. The molecule has 7 nitrogen and oxygen atoms in total. The van der Waals surface area contributed by atoms with Crippen LogP contribution in [-0.4, -0.2) is 48.4 Å². The molecule has 0 aromatic heterocycles. The second-order valence-corrected chi connectivity index (χ2v) is 5.55. The average Bonchev–Trinajstić information content (AvgIpc) is 2.83. The third-order valence-corrected chi connectivity index (χ3v) is 3.56. The van der Waals surface area contributed by atoms with E-state index >= 15 is 0 Å². The number of hydrogen-bond donors (Lipinski definition) is 0. The highest BCUT2D eigenvalue weighted by atomic mass is 16.5. The first-order chi connectivity index (χ1) is 11.9. The summed E-state index contributed by atoms with van der Waals surface area (Å²) in [5.41, 5.74) is 1.01. The first kappa shape index (κ1) is 18.4. The highest BCUT2D eigenvalue weighted by molar-refractivity contribution is 6.21. The van der Waals surface area contributed by atoms with Gasteiger partial charge in [0.1, 0.15) is 6.61 Å². The monoisotopic (exact) mass is 345 g/mol. The van der Waals surface area contributed by atoms with E-state index in [1.54, 1.807) is 24.3 Å². The molecule has 1 aromatic rings. The minimum atomic E-state index is -0.501. The summed E-state index contributed by atoms with van der Waals surface area (Å²) in [6, 6.07) is 6.56. The molecule has 0 saturated heterocycles. The van der Waals surface area contributed by atoms with Gasteiger partial charge in [0.2, 0.25) is 0 Å². The molecule has 0 N–H and O–H groups in total. The molecule has 2 rings (SSSR count). The number of imide groups is 1. The summed E-state index contributed by atoms with van der Waals surface area (Å²) in [5, 5.41) is 0. The van der Waals surface area contributed by atoms with Gasteiger partial charge in [-0.05, 0) is 25.5 Å². The second kappa shape index (κ2) is 8.23. The number of carbonyl (C=O) groups excluding carboxylic acids is 4.